The Balaban J connectivity index is 3.38. The minimum absolute atomic E-state index is 0.197. The smallest absolute Gasteiger partial charge is 0.327 e. The molecule has 3 N–H and O–H groups in total. The summed E-state index contributed by atoms with van der Waals surface area (Å²) in [5.41, 5.74) is 0. The van der Waals surface area contributed by atoms with Crippen molar-refractivity contribution in [1.82, 2.24) is 5.32 Å². The lowest BCUT2D eigenvalue weighted by molar-refractivity contribution is 0.200. The van der Waals surface area contributed by atoms with Gasteiger partial charge in [0.1, 0.15) is 0 Å². The van der Waals surface area contributed by atoms with Crippen LogP contribution in [0.4, 0.5) is 0 Å². The molecule has 0 aliphatic carbocycles. The van der Waals surface area contributed by atoms with Gasteiger partial charge in [-0.05, 0) is 18.9 Å². The number of unbranched alkanes of at least 4 members (excludes halogenated alkanes) is 9. The molecule has 0 rings (SSSR count). The van der Waals surface area contributed by atoms with E-state index in [2.05, 4.69) is 26.1 Å². The minimum atomic E-state index is -2.23. The maximum atomic E-state index is 8.81. The third-order valence-corrected chi connectivity index (χ3v) is 4.49. The highest BCUT2D eigenvalue weighted by Gasteiger charge is 2.14. The van der Waals surface area contributed by atoms with E-state index in [0.29, 0.717) is 12.5 Å². The first-order chi connectivity index (χ1) is 10.6. The Bertz CT molecular complexity index is 228. The summed E-state index contributed by atoms with van der Waals surface area (Å²) in [5.74, 6) is 0.429. The van der Waals surface area contributed by atoms with Crippen LogP contribution in [0.3, 0.4) is 0 Å². The molecular formula is C17H38NO3P. The Morgan fingerprint density at radius 2 is 1.36 bits per heavy atom. The van der Waals surface area contributed by atoms with Crippen molar-refractivity contribution in [2.45, 2.75) is 91.0 Å². The Morgan fingerprint density at radius 3 is 1.82 bits per heavy atom. The van der Waals surface area contributed by atoms with Crippen molar-refractivity contribution in [3.8, 4) is 0 Å². The van der Waals surface area contributed by atoms with Crippen molar-refractivity contribution in [1.29, 1.82) is 0 Å². The van der Waals surface area contributed by atoms with E-state index in [9.17, 15) is 0 Å². The fourth-order valence-corrected chi connectivity index (χ4v) is 2.83. The average molecular weight is 335 g/mol. The van der Waals surface area contributed by atoms with Crippen molar-refractivity contribution in [2.75, 3.05) is 13.2 Å². The maximum Gasteiger partial charge on any atom is 0.327 e. The van der Waals surface area contributed by atoms with E-state index >= 15 is 0 Å². The summed E-state index contributed by atoms with van der Waals surface area (Å²) >= 11 is 0. The lowest BCUT2D eigenvalue weighted by Crippen LogP contribution is -2.38. The molecule has 0 unspecified atom stereocenters. The third-order valence-electron chi connectivity index (χ3n) is 4.11. The molecule has 0 aliphatic heterocycles. The number of nitrogens with one attached hydrogen (secondary N) is 1. The zero-order valence-corrected chi connectivity index (χ0v) is 15.8. The molecule has 0 saturated heterocycles. The highest BCUT2D eigenvalue weighted by molar-refractivity contribution is 7.39. The van der Waals surface area contributed by atoms with Crippen LogP contribution in [0.15, 0.2) is 0 Å². The molecule has 0 saturated carbocycles. The molecule has 134 valence electrons. The largest absolute Gasteiger partial charge is 0.328 e. The Labute approximate surface area is 139 Å². The van der Waals surface area contributed by atoms with Crippen LogP contribution in [0.25, 0.3) is 0 Å². The van der Waals surface area contributed by atoms with Gasteiger partial charge in [-0.2, -0.15) is 0 Å². The molecule has 5 heteroatoms. The van der Waals surface area contributed by atoms with Gasteiger partial charge in [-0.25, -0.2) is 0 Å². The van der Waals surface area contributed by atoms with Crippen molar-refractivity contribution in [3.63, 3.8) is 0 Å². The highest BCUT2D eigenvalue weighted by Crippen LogP contribution is 2.25. The van der Waals surface area contributed by atoms with E-state index in [4.69, 9.17) is 14.3 Å². The second-order valence-electron chi connectivity index (χ2n) is 6.54. The molecule has 0 fully saturated rings. The highest BCUT2D eigenvalue weighted by atomic mass is 31.2. The van der Waals surface area contributed by atoms with Crippen LogP contribution in [-0.2, 0) is 4.52 Å². The molecule has 0 radical (unpaired) electrons. The van der Waals surface area contributed by atoms with Crippen molar-refractivity contribution in [3.05, 3.63) is 0 Å². The summed E-state index contributed by atoms with van der Waals surface area (Å²) < 4.78 is 4.93. The molecule has 0 heterocycles. The number of rotatable bonds is 16. The fraction of sp³-hybridized carbons (Fsp3) is 1.00. The van der Waals surface area contributed by atoms with Crippen LogP contribution in [0.2, 0.25) is 0 Å². The van der Waals surface area contributed by atoms with Gasteiger partial charge in [0.25, 0.3) is 0 Å². The van der Waals surface area contributed by atoms with Gasteiger partial charge in [0, 0.05) is 6.04 Å². The first-order valence-electron chi connectivity index (χ1n) is 9.12. The third kappa shape index (κ3) is 15.2. The molecular weight excluding hydrogens is 297 g/mol. The van der Waals surface area contributed by atoms with Gasteiger partial charge in [0.15, 0.2) is 0 Å². The maximum absolute atomic E-state index is 8.81. The zero-order valence-electron chi connectivity index (χ0n) is 14.9. The van der Waals surface area contributed by atoms with Gasteiger partial charge in [-0.1, -0.05) is 78.6 Å². The second-order valence-corrected chi connectivity index (χ2v) is 7.30. The summed E-state index contributed by atoms with van der Waals surface area (Å²) in [6, 6.07) is 0.197. The molecule has 22 heavy (non-hydrogen) atoms. The van der Waals surface area contributed by atoms with E-state index in [1.165, 1.54) is 64.2 Å². The van der Waals surface area contributed by atoms with Gasteiger partial charge < -0.3 is 19.6 Å². The number of hydrogen-bond donors (Lipinski definition) is 3. The molecule has 0 aliphatic rings. The summed E-state index contributed by atoms with van der Waals surface area (Å²) in [4.78, 5) is 17.6. The second kappa shape index (κ2) is 16.1. The lowest BCUT2D eigenvalue weighted by Gasteiger charge is -2.22. The SMILES string of the molecule is CCCCCCCCCCCCN[C@H](COP(O)O)C(C)C. The molecule has 0 aromatic rings. The minimum Gasteiger partial charge on any atom is -0.328 e. The predicted molar refractivity (Wildman–Crippen MR) is 95.8 cm³/mol. The van der Waals surface area contributed by atoms with Gasteiger partial charge in [0.05, 0.1) is 6.61 Å². The summed E-state index contributed by atoms with van der Waals surface area (Å²) in [5, 5.41) is 3.46. The molecule has 4 nitrogen and oxygen atoms in total. The van der Waals surface area contributed by atoms with Crippen molar-refractivity contribution in [2.24, 2.45) is 5.92 Å². The summed E-state index contributed by atoms with van der Waals surface area (Å²) in [7, 11) is -2.23. The quantitative estimate of drug-likeness (QED) is 0.281. The van der Waals surface area contributed by atoms with E-state index in [0.717, 1.165) is 6.54 Å². The van der Waals surface area contributed by atoms with Gasteiger partial charge in [-0.15, -0.1) is 0 Å². The standard InChI is InChI=1S/C17H38NO3P/c1-4-5-6-7-8-9-10-11-12-13-14-18-17(16(2)3)15-21-22(19)20/h16-20H,4-15H2,1-3H3/t17-/m1/s1. The summed E-state index contributed by atoms with van der Waals surface area (Å²) in [6.45, 7) is 7.86. The Morgan fingerprint density at radius 1 is 0.864 bits per heavy atom. The average Bonchev–Trinajstić information content (AvgIpc) is 2.47. The van der Waals surface area contributed by atoms with E-state index in [1.807, 2.05) is 0 Å². The molecule has 0 aromatic heterocycles. The summed E-state index contributed by atoms with van der Waals surface area (Å²) in [6.07, 6.45) is 13.5. The molecule has 0 amide bonds. The van der Waals surface area contributed by atoms with Crippen LogP contribution in [-0.4, -0.2) is 29.0 Å². The number of hydrogen-bond acceptors (Lipinski definition) is 4. The molecule has 0 aromatic carbocycles. The van der Waals surface area contributed by atoms with E-state index < -0.39 is 8.60 Å². The Hall–Kier alpha value is 0.270. The fourth-order valence-electron chi connectivity index (χ4n) is 2.53. The van der Waals surface area contributed by atoms with Gasteiger partial charge >= 0.3 is 8.60 Å². The van der Waals surface area contributed by atoms with Crippen LogP contribution in [0.5, 0.6) is 0 Å². The topological polar surface area (TPSA) is 61.7 Å². The van der Waals surface area contributed by atoms with Crippen LogP contribution in [0.1, 0.15) is 85.0 Å². The zero-order chi connectivity index (χ0) is 16.6. The van der Waals surface area contributed by atoms with Gasteiger partial charge in [0.2, 0.25) is 0 Å². The van der Waals surface area contributed by atoms with E-state index in [1.54, 1.807) is 0 Å². The van der Waals surface area contributed by atoms with Crippen LogP contribution in [0, 0.1) is 5.92 Å². The molecule has 1 atom stereocenters. The first-order valence-corrected chi connectivity index (χ1v) is 10.3. The van der Waals surface area contributed by atoms with Crippen LogP contribution < -0.4 is 5.32 Å². The first kappa shape index (κ1) is 22.3. The van der Waals surface area contributed by atoms with Crippen molar-refractivity contribution >= 4 is 8.60 Å². The van der Waals surface area contributed by atoms with E-state index in [-0.39, 0.29) is 6.04 Å². The molecule has 0 bridgehead atoms. The monoisotopic (exact) mass is 335 g/mol. The lowest BCUT2D eigenvalue weighted by atomic mass is 10.0. The molecule has 0 spiro atoms. The normalized spacial score (nSPS) is 13.2. The predicted octanol–water partition coefficient (Wildman–Crippen LogP) is 4.75. The Kier molecular flexibility index (Phi) is 16.3. The van der Waals surface area contributed by atoms with Gasteiger partial charge in [-0.3, -0.25) is 0 Å². The van der Waals surface area contributed by atoms with Crippen LogP contribution >= 0.6 is 8.60 Å². The van der Waals surface area contributed by atoms with Crippen molar-refractivity contribution < 1.29 is 14.3 Å².